The van der Waals surface area contributed by atoms with Crippen LogP contribution in [-0.2, 0) is 4.79 Å². The number of nitrogens with one attached hydrogen (secondary N) is 3. The lowest BCUT2D eigenvalue weighted by molar-refractivity contribution is -0.115. The fourth-order valence-electron chi connectivity index (χ4n) is 2.75. The number of carbonyl (C=O) groups excluding carboxylic acids is 2. The fourth-order valence-corrected chi connectivity index (χ4v) is 3.91. The van der Waals surface area contributed by atoms with Crippen LogP contribution in [0.2, 0.25) is 0 Å². The highest BCUT2D eigenvalue weighted by Crippen LogP contribution is 2.26. The van der Waals surface area contributed by atoms with Gasteiger partial charge in [-0.05, 0) is 80.7 Å². The van der Waals surface area contributed by atoms with Gasteiger partial charge in [0.2, 0.25) is 5.91 Å². The number of thioether (sulfide) groups is 1. The minimum Gasteiger partial charge on any atom is -0.332 e. The van der Waals surface area contributed by atoms with Gasteiger partial charge in [0.1, 0.15) is 0 Å². The molecule has 0 heterocycles. The molecule has 0 saturated heterocycles. The number of benzene rings is 3. The van der Waals surface area contributed by atoms with Crippen LogP contribution < -0.4 is 16.0 Å². The maximum Gasteiger partial charge on any atom is 0.237 e. The van der Waals surface area contributed by atoms with E-state index in [9.17, 15) is 9.59 Å². The number of carbonyl (C=O) groups is 2. The minimum atomic E-state index is -0.264. The summed E-state index contributed by atoms with van der Waals surface area (Å²) >= 11 is 6.86. The second kappa shape index (κ2) is 10.7. The number of hydrogen-bond donors (Lipinski definition) is 3. The van der Waals surface area contributed by atoms with Gasteiger partial charge in [-0.15, -0.1) is 11.8 Å². The van der Waals surface area contributed by atoms with Crippen molar-refractivity contribution >= 4 is 57.8 Å². The van der Waals surface area contributed by atoms with Gasteiger partial charge in [0.25, 0.3) is 0 Å². The molecule has 1 unspecified atom stereocenters. The fraction of sp³-hybridized carbons (Fsp3) is 0.125. The number of thiocarbonyl (C=S) groups is 1. The molecule has 158 valence electrons. The van der Waals surface area contributed by atoms with Crippen LogP contribution in [0.3, 0.4) is 0 Å². The average Bonchev–Trinajstić information content (AvgIpc) is 2.75. The van der Waals surface area contributed by atoms with Crippen LogP contribution in [0.5, 0.6) is 0 Å². The molecule has 0 spiro atoms. The Morgan fingerprint density at radius 2 is 1.42 bits per heavy atom. The van der Waals surface area contributed by atoms with Gasteiger partial charge >= 0.3 is 0 Å². The summed E-state index contributed by atoms with van der Waals surface area (Å²) in [5, 5.41) is 9.34. The highest BCUT2D eigenvalue weighted by molar-refractivity contribution is 8.00. The Balaban J connectivity index is 1.56. The lowest BCUT2D eigenvalue weighted by Crippen LogP contribution is -2.22. The molecule has 7 heteroatoms. The summed E-state index contributed by atoms with van der Waals surface area (Å²) in [7, 11) is 0. The van der Waals surface area contributed by atoms with Crippen LogP contribution in [0.4, 0.5) is 17.1 Å². The third-order valence-electron chi connectivity index (χ3n) is 4.36. The third kappa shape index (κ3) is 6.94. The highest BCUT2D eigenvalue weighted by atomic mass is 32.2. The van der Waals surface area contributed by atoms with E-state index in [-0.39, 0.29) is 16.9 Å². The summed E-state index contributed by atoms with van der Waals surface area (Å²) in [6.07, 6.45) is 0. The predicted octanol–water partition coefficient (Wildman–Crippen LogP) is 5.82. The largest absolute Gasteiger partial charge is 0.332 e. The summed E-state index contributed by atoms with van der Waals surface area (Å²) in [4.78, 5) is 24.8. The van der Waals surface area contributed by atoms with Crippen molar-refractivity contribution in [2.75, 3.05) is 16.0 Å². The van der Waals surface area contributed by atoms with Gasteiger partial charge in [0.05, 0.1) is 5.25 Å². The summed E-state index contributed by atoms with van der Waals surface area (Å²) in [6.45, 7) is 3.41. The van der Waals surface area contributed by atoms with E-state index in [1.807, 2.05) is 73.7 Å². The van der Waals surface area contributed by atoms with Crippen LogP contribution in [0, 0.1) is 0 Å². The molecule has 0 fully saturated rings. The molecule has 0 aliphatic rings. The molecular formula is C24H23N3O2S2. The van der Waals surface area contributed by atoms with E-state index < -0.39 is 0 Å². The number of anilines is 3. The molecule has 3 aromatic carbocycles. The molecule has 0 radical (unpaired) electrons. The van der Waals surface area contributed by atoms with Crippen molar-refractivity contribution in [1.82, 2.24) is 0 Å². The molecule has 3 rings (SSSR count). The highest BCUT2D eigenvalue weighted by Gasteiger charge is 2.15. The first-order valence-corrected chi connectivity index (χ1v) is 11.0. The first-order valence-electron chi connectivity index (χ1n) is 9.72. The van der Waals surface area contributed by atoms with Gasteiger partial charge in [0.15, 0.2) is 10.9 Å². The van der Waals surface area contributed by atoms with Crippen LogP contribution >= 0.6 is 24.0 Å². The molecular weight excluding hydrogens is 426 g/mol. The molecule has 3 N–H and O–H groups in total. The second-order valence-electron chi connectivity index (χ2n) is 6.86. The zero-order chi connectivity index (χ0) is 22.2. The Bertz CT molecular complexity index is 1070. The Kier molecular flexibility index (Phi) is 7.81. The molecule has 0 bridgehead atoms. The summed E-state index contributed by atoms with van der Waals surface area (Å²) in [6, 6.07) is 24.3. The topological polar surface area (TPSA) is 70.2 Å². The Labute approximate surface area is 191 Å². The molecule has 3 aromatic rings. The van der Waals surface area contributed by atoms with Crippen LogP contribution in [0.15, 0.2) is 83.8 Å². The molecule has 0 aliphatic carbocycles. The lowest BCUT2D eigenvalue weighted by atomic mass is 10.1. The van der Waals surface area contributed by atoms with Crippen molar-refractivity contribution in [3.8, 4) is 0 Å². The van der Waals surface area contributed by atoms with Gasteiger partial charge in [0, 0.05) is 27.5 Å². The number of amides is 1. The SMILES string of the molecule is CC(=O)c1ccc(NC(=S)Nc2cccc(SC(C)C(=O)Nc3ccccc3)c2)cc1. The van der Waals surface area contributed by atoms with Gasteiger partial charge in [-0.25, -0.2) is 0 Å². The van der Waals surface area contributed by atoms with Crippen LogP contribution in [0.1, 0.15) is 24.2 Å². The average molecular weight is 450 g/mol. The minimum absolute atomic E-state index is 0.0215. The lowest BCUT2D eigenvalue weighted by Gasteiger charge is -2.14. The van der Waals surface area contributed by atoms with Gasteiger partial charge in [-0.2, -0.15) is 0 Å². The van der Waals surface area contributed by atoms with E-state index in [4.69, 9.17) is 12.2 Å². The van der Waals surface area contributed by atoms with Crippen molar-refractivity contribution in [1.29, 1.82) is 0 Å². The van der Waals surface area contributed by atoms with Crippen molar-refractivity contribution < 1.29 is 9.59 Å². The smallest absolute Gasteiger partial charge is 0.237 e. The number of para-hydroxylation sites is 1. The molecule has 5 nitrogen and oxygen atoms in total. The Morgan fingerprint density at radius 1 is 0.806 bits per heavy atom. The van der Waals surface area contributed by atoms with E-state index in [1.54, 1.807) is 12.1 Å². The standard InChI is InChI=1S/C24H23N3O2S2/c1-16(28)18-11-13-20(14-12-18)26-24(30)27-21-9-6-10-22(15-21)31-17(2)23(29)25-19-7-4-3-5-8-19/h3-15,17H,1-2H3,(H,25,29)(H2,26,27,30). The first kappa shape index (κ1) is 22.5. The van der Waals surface area contributed by atoms with Crippen molar-refractivity contribution in [3.63, 3.8) is 0 Å². The van der Waals surface area contributed by atoms with Gasteiger partial charge < -0.3 is 16.0 Å². The third-order valence-corrected chi connectivity index (χ3v) is 5.66. The Morgan fingerprint density at radius 3 is 2.10 bits per heavy atom. The number of ketones is 1. The summed E-state index contributed by atoms with van der Waals surface area (Å²) < 4.78 is 0. The van der Waals surface area contributed by atoms with Crippen LogP contribution in [0.25, 0.3) is 0 Å². The van der Waals surface area contributed by atoms with E-state index in [1.165, 1.54) is 18.7 Å². The van der Waals surface area contributed by atoms with Crippen LogP contribution in [-0.4, -0.2) is 22.1 Å². The first-order chi connectivity index (χ1) is 14.9. The number of Topliss-reactive ketones (excluding diaryl/α,β-unsaturated/α-hetero) is 1. The quantitative estimate of drug-likeness (QED) is 0.240. The van der Waals surface area contributed by atoms with E-state index in [2.05, 4.69) is 16.0 Å². The van der Waals surface area contributed by atoms with Gasteiger partial charge in [-0.1, -0.05) is 24.3 Å². The van der Waals surface area contributed by atoms with Gasteiger partial charge in [-0.3, -0.25) is 9.59 Å². The zero-order valence-corrected chi connectivity index (χ0v) is 18.8. The maximum absolute atomic E-state index is 12.4. The molecule has 1 amide bonds. The van der Waals surface area contributed by atoms with E-state index in [0.717, 1.165) is 22.0 Å². The molecule has 31 heavy (non-hydrogen) atoms. The van der Waals surface area contributed by atoms with Crippen molar-refractivity contribution in [2.45, 2.75) is 24.0 Å². The number of rotatable bonds is 7. The Hall–Kier alpha value is -3.16. The van der Waals surface area contributed by atoms with Crippen molar-refractivity contribution in [3.05, 3.63) is 84.4 Å². The molecule has 0 aliphatic heterocycles. The molecule has 0 aromatic heterocycles. The predicted molar refractivity (Wildman–Crippen MR) is 133 cm³/mol. The second-order valence-corrected chi connectivity index (χ2v) is 8.68. The van der Waals surface area contributed by atoms with E-state index in [0.29, 0.717) is 10.7 Å². The normalized spacial score (nSPS) is 11.3. The zero-order valence-electron chi connectivity index (χ0n) is 17.2. The number of hydrogen-bond acceptors (Lipinski definition) is 4. The van der Waals surface area contributed by atoms with Crippen molar-refractivity contribution in [2.24, 2.45) is 0 Å². The summed E-state index contributed by atoms with van der Waals surface area (Å²) in [5.74, 6) is -0.0333. The van der Waals surface area contributed by atoms with E-state index >= 15 is 0 Å². The maximum atomic E-state index is 12.4. The monoisotopic (exact) mass is 449 g/mol. The molecule has 0 saturated carbocycles. The molecule has 1 atom stereocenters. The summed E-state index contributed by atoms with van der Waals surface area (Å²) in [5.41, 5.74) is 3.04.